The molecule has 0 aliphatic heterocycles. The maximum absolute atomic E-state index is 12.4. The number of hydrogen-bond acceptors (Lipinski definition) is 3. The van der Waals surface area contributed by atoms with Crippen LogP contribution >= 0.6 is 0 Å². The lowest BCUT2D eigenvalue weighted by atomic mass is 10.1. The van der Waals surface area contributed by atoms with Crippen molar-refractivity contribution in [1.82, 2.24) is 4.90 Å². The lowest BCUT2D eigenvalue weighted by Gasteiger charge is -2.21. The Morgan fingerprint density at radius 1 is 1.53 bits per heavy atom. The summed E-state index contributed by atoms with van der Waals surface area (Å²) in [4.78, 5) is 14.3. The fraction of sp³-hybridized carbons (Fsp3) is 0.462. The summed E-state index contributed by atoms with van der Waals surface area (Å²) in [5.74, 6) is 5.48. The van der Waals surface area contributed by atoms with Gasteiger partial charge in [-0.15, -0.1) is 0 Å². The number of nitrogen functional groups attached to an aromatic ring is 1. The molecule has 0 bridgehead atoms. The van der Waals surface area contributed by atoms with Crippen LogP contribution in [0.3, 0.4) is 0 Å². The van der Waals surface area contributed by atoms with Crippen LogP contribution in [0.2, 0.25) is 0 Å². The van der Waals surface area contributed by atoms with Gasteiger partial charge in [-0.05, 0) is 50.5 Å². The minimum atomic E-state index is 0.135. The zero-order valence-corrected chi connectivity index (χ0v) is 10.4. The van der Waals surface area contributed by atoms with Crippen molar-refractivity contribution in [3.8, 4) is 0 Å². The molecule has 0 atom stereocenters. The summed E-state index contributed by atoms with van der Waals surface area (Å²) in [7, 11) is 0. The number of nitrogens with zero attached hydrogens (tertiary/aromatic N) is 1. The van der Waals surface area contributed by atoms with E-state index in [-0.39, 0.29) is 5.91 Å². The van der Waals surface area contributed by atoms with Crippen LogP contribution < -0.4 is 11.3 Å². The maximum Gasteiger partial charge on any atom is 0.254 e. The molecule has 0 unspecified atom stereocenters. The van der Waals surface area contributed by atoms with Crippen molar-refractivity contribution in [3.63, 3.8) is 0 Å². The second-order valence-corrected chi connectivity index (χ2v) is 4.50. The van der Waals surface area contributed by atoms with Crippen LogP contribution in [0, 0.1) is 6.92 Å². The van der Waals surface area contributed by atoms with E-state index in [0.717, 1.165) is 36.2 Å². The minimum absolute atomic E-state index is 0.135. The van der Waals surface area contributed by atoms with E-state index >= 15 is 0 Å². The van der Waals surface area contributed by atoms with Crippen molar-refractivity contribution < 1.29 is 4.79 Å². The highest BCUT2D eigenvalue weighted by Crippen LogP contribution is 2.28. The molecule has 0 radical (unpaired) electrons. The highest BCUT2D eigenvalue weighted by Gasteiger charge is 2.32. The van der Waals surface area contributed by atoms with Gasteiger partial charge in [0, 0.05) is 23.8 Å². The number of carbonyl (C=O) groups is 1. The van der Waals surface area contributed by atoms with Gasteiger partial charge in [0.2, 0.25) is 0 Å². The van der Waals surface area contributed by atoms with Crippen LogP contribution in [-0.4, -0.2) is 23.4 Å². The molecule has 1 fully saturated rings. The van der Waals surface area contributed by atoms with Gasteiger partial charge in [0.05, 0.1) is 0 Å². The maximum atomic E-state index is 12.4. The van der Waals surface area contributed by atoms with E-state index in [1.807, 2.05) is 36.9 Å². The SMILES string of the molecule is CCN(C(=O)c1ccc(NN)cc1C)C1CC1. The molecule has 1 aliphatic rings. The first-order valence-electron chi connectivity index (χ1n) is 6.05. The summed E-state index contributed by atoms with van der Waals surface area (Å²) >= 11 is 0. The number of benzene rings is 1. The second-order valence-electron chi connectivity index (χ2n) is 4.50. The van der Waals surface area contributed by atoms with Crippen molar-refractivity contribution in [3.05, 3.63) is 29.3 Å². The molecule has 1 aliphatic carbocycles. The van der Waals surface area contributed by atoms with Gasteiger partial charge in [-0.25, -0.2) is 0 Å². The van der Waals surface area contributed by atoms with Gasteiger partial charge in [-0.1, -0.05) is 0 Å². The predicted octanol–water partition coefficient (Wildman–Crippen LogP) is 1.91. The Kier molecular flexibility index (Phi) is 3.33. The molecule has 92 valence electrons. The van der Waals surface area contributed by atoms with Crippen LogP contribution in [0.25, 0.3) is 0 Å². The number of anilines is 1. The van der Waals surface area contributed by atoms with Crippen molar-refractivity contribution in [2.75, 3.05) is 12.0 Å². The van der Waals surface area contributed by atoms with Gasteiger partial charge in [0.15, 0.2) is 0 Å². The fourth-order valence-electron chi connectivity index (χ4n) is 2.10. The summed E-state index contributed by atoms with van der Waals surface area (Å²) in [6.07, 6.45) is 2.28. The molecule has 1 saturated carbocycles. The van der Waals surface area contributed by atoms with E-state index in [9.17, 15) is 4.79 Å². The number of nitrogens with two attached hydrogens (primary N) is 1. The van der Waals surface area contributed by atoms with E-state index in [1.165, 1.54) is 0 Å². The van der Waals surface area contributed by atoms with E-state index in [4.69, 9.17) is 5.84 Å². The average molecular weight is 233 g/mol. The molecule has 2 rings (SSSR count). The summed E-state index contributed by atoms with van der Waals surface area (Å²) in [5, 5.41) is 0. The quantitative estimate of drug-likeness (QED) is 0.617. The first kappa shape index (κ1) is 11.9. The number of carbonyl (C=O) groups excluding carboxylic acids is 1. The molecular weight excluding hydrogens is 214 g/mol. The Morgan fingerprint density at radius 2 is 2.24 bits per heavy atom. The third-order valence-corrected chi connectivity index (χ3v) is 3.21. The van der Waals surface area contributed by atoms with Crippen LogP contribution in [0.15, 0.2) is 18.2 Å². The van der Waals surface area contributed by atoms with Crippen molar-refractivity contribution >= 4 is 11.6 Å². The average Bonchev–Trinajstić information content (AvgIpc) is 3.14. The molecule has 17 heavy (non-hydrogen) atoms. The summed E-state index contributed by atoms with van der Waals surface area (Å²) < 4.78 is 0. The number of rotatable bonds is 4. The van der Waals surface area contributed by atoms with Gasteiger partial charge in [-0.2, -0.15) is 0 Å². The number of hydrogen-bond donors (Lipinski definition) is 2. The lowest BCUT2D eigenvalue weighted by molar-refractivity contribution is 0.0752. The smallest absolute Gasteiger partial charge is 0.254 e. The number of nitrogens with one attached hydrogen (secondary N) is 1. The molecule has 3 N–H and O–H groups in total. The Morgan fingerprint density at radius 3 is 2.71 bits per heavy atom. The van der Waals surface area contributed by atoms with Gasteiger partial charge in [-0.3, -0.25) is 10.6 Å². The number of hydrazine groups is 1. The summed E-state index contributed by atoms with van der Waals surface area (Å²) in [5.41, 5.74) is 5.15. The molecule has 0 spiro atoms. The van der Waals surface area contributed by atoms with Crippen LogP contribution in [0.1, 0.15) is 35.7 Å². The standard InChI is InChI=1S/C13H19N3O/c1-3-16(11-5-6-11)13(17)12-7-4-10(15-14)8-9(12)2/h4,7-8,11,15H,3,5-6,14H2,1-2H3. The molecule has 1 amide bonds. The Bertz CT molecular complexity index is 427. The Labute approximate surface area is 102 Å². The molecule has 0 aromatic heterocycles. The van der Waals surface area contributed by atoms with Gasteiger partial charge in [0.25, 0.3) is 5.91 Å². The Balaban J connectivity index is 2.23. The zero-order chi connectivity index (χ0) is 12.4. The molecule has 0 saturated heterocycles. The summed E-state index contributed by atoms with van der Waals surface area (Å²) in [6, 6.07) is 6.03. The lowest BCUT2D eigenvalue weighted by Crippen LogP contribution is -2.33. The summed E-state index contributed by atoms with van der Waals surface area (Å²) in [6.45, 7) is 4.75. The third kappa shape index (κ3) is 2.42. The highest BCUT2D eigenvalue weighted by molar-refractivity contribution is 5.96. The van der Waals surface area contributed by atoms with Gasteiger partial charge >= 0.3 is 0 Å². The molecule has 4 heteroatoms. The highest BCUT2D eigenvalue weighted by atomic mass is 16.2. The van der Waals surface area contributed by atoms with Gasteiger partial charge in [0.1, 0.15) is 0 Å². The molecule has 0 heterocycles. The van der Waals surface area contributed by atoms with Crippen molar-refractivity contribution in [1.29, 1.82) is 0 Å². The normalized spacial score (nSPS) is 14.5. The van der Waals surface area contributed by atoms with Gasteiger partial charge < -0.3 is 10.3 Å². The largest absolute Gasteiger partial charge is 0.336 e. The van der Waals surface area contributed by atoms with Crippen LogP contribution in [-0.2, 0) is 0 Å². The third-order valence-electron chi connectivity index (χ3n) is 3.21. The van der Waals surface area contributed by atoms with Crippen molar-refractivity contribution in [2.45, 2.75) is 32.7 Å². The second kappa shape index (κ2) is 4.75. The fourth-order valence-corrected chi connectivity index (χ4v) is 2.10. The van der Waals surface area contributed by atoms with Crippen LogP contribution in [0.5, 0.6) is 0 Å². The van der Waals surface area contributed by atoms with Crippen molar-refractivity contribution in [2.24, 2.45) is 5.84 Å². The minimum Gasteiger partial charge on any atom is -0.336 e. The predicted molar refractivity (Wildman–Crippen MR) is 68.7 cm³/mol. The molecule has 1 aromatic rings. The number of amides is 1. The van der Waals surface area contributed by atoms with E-state index in [0.29, 0.717) is 6.04 Å². The monoisotopic (exact) mass is 233 g/mol. The van der Waals surface area contributed by atoms with Crippen LogP contribution in [0.4, 0.5) is 5.69 Å². The molecular formula is C13H19N3O. The number of aryl methyl sites for hydroxylation is 1. The van der Waals surface area contributed by atoms with E-state index < -0.39 is 0 Å². The molecule has 1 aromatic carbocycles. The Hall–Kier alpha value is -1.55. The van der Waals surface area contributed by atoms with E-state index in [2.05, 4.69) is 5.43 Å². The first-order valence-corrected chi connectivity index (χ1v) is 6.05. The van der Waals surface area contributed by atoms with E-state index in [1.54, 1.807) is 0 Å². The molecule has 4 nitrogen and oxygen atoms in total. The zero-order valence-electron chi connectivity index (χ0n) is 10.4. The first-order chi connectivity index (χ1) is 8.17. The topological polar surface area (TPSA) is 58.4 Å².